The van der Waals surface area contributed by atoms with E-state index in [9.17, 15) is 13.2 Å². The lowest BCUT2D eigenvalue weighted by Crippen LogP contribution is -2.48. The molecule has 0 spiro atoms. The number of nitrogens with one attached hydrogen (secondary N) is 1. The summed E-state index contributed by atoms with van der Waals surface area (Å²) in [5.74, 6) is 0.480. The van der Waals surface area contributed by atoms with Gasteiger partial charge in [0.15, 0.2) is 6.10 Å². The zero-order valence-corrected chi connectivity index (χ0v) is 18.6. The molecule has 1 N–H and O–H groups in total. The molecule has 1 atom stereocenters. The fourth-order valence-electron chi connectivity index (χ4n) is 3.61. The first-order chi connectivity index (χ1) is 15.4. The lowest BCUT2D eigenvalue weighted by Gasteiger charge is -2.34. The number of rotatable bonds is 6. The molecule has 1 aliphatic rings. The summed E-state index contributed by atoms with van der Waals surface area (Å²) < 4.78 is 39.2. The molecule has 0 aliphatic carbocycles. The Kier molecular flexibility index (Phi) is 6.05. The van der Waals surface area contributed by atoms with Crippen molar-refractivity contribution in [3.63, 3.8) is 0 Å². The van der Waals surface area contributed by atoms with Gasteiger partial charge in [-0.25, -0.2) is 8.42 Å². The molecule has 4 rings (SSSR count). The van der Waals surface area contributed by atoms with Crippen LogP contribution in [0.25, 0.3) is 0 Å². The number of carbonyl (C=O) groups is 1. The van der Waals surface area contributed by atoms with E-state index in [-0.39, 0.29) is 11.4 Å². The predicted octanol–water partition coefficient (Wildman–Crippen LogP) is 3.85. The Balaban J connectivity index is 1.66. The predicted molar refractivity (Wildman–Crippen MR) is 123 cm³/mol. The van der Waals surface area contributed by atoms with Crippen LogP contribution in [0.3, 0.4) is 0 Å². The Morgan fingerprint density at radius 1 is 1.06 bits per heavy atom. The van der Waals surface area contributed by atoms with Crippen LogP contribution in [0, 0.1) is 0 Å². The van der Waals surface area contributed by atoms with Gasteiger partial charge in [0.25, 0.3) is 15.9 Å². The molecule has 1 heterocycles. The second kappa shape index (κ2) is 8.92. The second-order valence-electron chi connectivity index (χ2n) is 7.29. The Bertz CT molecular complexity index is 1230. The van der Waals surface area contributed by atoms with Gasteiger partial charge in [-0.15, -0.1) is 0 Å². The normalized spacial score (nSPS) is 15.4. The molecule has 8 heteroatoms. The summed E-state index contributed by atoms with van der Waals surface area (Å²) in [5, 5.41) is 2.89. The van der Waals surface area contributed by atoms with Crippen molar-refractivity contribution in [2.24, 2.45) is 0 Å². The Labute approximate surface area is 187 Å². The van der Waals surface area contributed by atoms with E-state index in [1.165, 1.54) is 23.5 Å². The van der Waals surface area contributed by atoms with Gasteiger partial charge in [0, 0.05) is 5.69 Å². The van der Waals surface area contributed by atoms with E-state index in [1.54, 1.807) is 36.4 Å². The van der Waals surface area contributed by atoms with Gasteiger partial charge in [0.1, 0.15) is 11.5 Å². The van der Waals surface area contributed by atoms with Crippen molar-refractivity contribution in [3.05, 3.63) is 78.4 Å². The first kappa shape index (κ1) is 21.7. The van der Waals surface area contributed by atoms with E-state index in [2.05, 4.69) is 5.32 Å². The minimum Gasteiger partial charge on any atom is -0.497 e. The molecule has 1 amide bonds. The lowest BCUT2D eigenvalue weighted by atomic mass is 10.1. The molecule has 0 radical (unpaired) electrons. The molecule has 0 saturated heterocycles. The van der Waals surface area contributed by atoms with Crippen molar-refractivity contribution < 1.29 is 22.7 Å². The van der Waals surface area contributed by atoms with Crippen LogP contribution in [0.5, 0.6) is 11.5 Å². The molecule has 0 bridgehead atoms. The molecule has 0 unspecified atom stereocenters. The maximum absolute atomic E-state index is 13.5. The van der Waals surface area contributed by atoms with Gasteiger partial charge in [-0.05, 0) is 54.4 Å². The van der Waals surface area contributed by atoms with Gasteiger partial charge in [0.05, 0.1) is 24.2 Å². The van der Waals surface area contributed by atoms with Gasteiger partial charge >= 0.3 is 0 Å². The van der Waals surface area contributed by atoms with Gasteiger partial charge < -0.3 is 14.8 Å². The summed E-state index contributed by atoms with van der Waals surface area (Å²) in [6.07, 6.45) is -0.259. The molecule has 32 heavy (non-hydrogen) atoms. The summed E-state index contributed by atoms with van der Waals surface area (Å²) in [4.78, 5) is 13.2. The molecule has 3 aromatic rings. The van der Waals surface area contributed by atoms with Crippen LogP contribution in [0.4, 0.5) is 11.4 Å². The van der Waals surface area contributed by atoms with Crippen LogP contribution < -0.4 is 19.1 Å². The molecule has 3 aromatic carbocycles. The molecule has 7 nitrogen and oxygen atoms in total. The number of sulfonamides is 1. The van der Waals surface area contributed by atoms with Crippen LogP contribution in [-0.4, -0.2) is 34.1 Å². The SMILES string of the molecule is CCc1ccccc1NC(=O)[C@H]1CN(S(=O)(=O)c2ccc(OC)cc2)c2ccccc2O1. The standard InChI is InChI=1S/C24H24N2O5S/c1-3-17-8-4-5-9-20(17)25-24(27)23-16-26(21-10-6-7-11-22(21)31-23)32(28,29)19-14-12-18(30-2)13-15-19/h4-15,23H,3,16H2,1-2H3,(H,25,27)/t23-/m1/s1. The third-order valence-corrected chi connectivity index (χ3v) is 7.12. The highest BCUT2D eigenvalue weighted by Gasteiger charge is 2.37. The fraction of sp³-hybridized carbons (Fsp3) is 0.208. The van der Waals surface area contributed by atoms with Gasteiger partial charge in [-0.3, -0.25) is 9.10 Å². The van der Waals surface area contributed by atoms with E-state index in [1.807, 2.05) is 31.2 Å². The van der Waals surface area contributed by atoms with Crippen LogP contribution in [0.15, 0.2) is 77.7 Å². The number of amides is 1. The highest BCUT2D eigenvalue weighted by atomic mass is 32.2. The van der Waals surface area contributed by atoms with Crippen LogP contribution in [0.2, 0.25) is 0 Å². The average molecular weight is 453 g/mol. The number of ether oxygens (including phenoxy) is 2. The number of carbonyl (C=O) groups excluding carboxylic acids is 1. The highest BCUT2D eigenvalue weighted by molar-refractivity contribution is 7.92. The number of hydrogen-bond donors (Lipinski definition) is 1. The third-order valence-electron chi connectivity index (χ3n) is 5.33. The maximum Gasteiger partial charge on any atom is 0.267 e. The number of nitrogens with zero attached hydrogens (tertiary/aromatic N) is 1. The first-order valence-electron chi connectivity index (χ1n) is 10.2. The van der Waals surface area contributed by atoms with E-state index >= 15 is 0 Å². The second-order valence-corrected chi connectivity index (χ2v) is 9.15. The van der Waals surface area contributed by atoms with E-state index in [0.29, 0.717) is 22.9 Å². The largest absolute Gasteiger partial charge is 0.497 e. The summed E-state index contributed by atoms with van der Waals surface area (Å²) in [6.45, 7) is 1.85. The quantitative estimate of drug-likeness (QED) is 0.614. The van der Waals surface area contributed by atoms with E-state index in [0.717, 1.165) is 12.0 Å². The molecular weight excluding hydrogens is 428 g/mol. The van der Waals surface area contributed by atoms with Crippen molar-refractivity contribution in [2.75, 3.05) is 23.3 Å². The molecule has 166 valence electrons. The third kappa shape index (κ3) is 4.13. The number of para-hydroxylation sites is 3. The Morgan fingerprint density at radius 2 is 1.75 bits per heavy atom. The van der Waals surface area contributed by atoms with Crippen molar-refractivity contribution in [2.45, 2.75) is 24.3 Å². The molecule has 0 aromatic heterocycles. The van der Waals surface area contributed by atoms with Gasteiger partial charge in [-0.2, -0.15) is 0 Å². The summed E-state index contributed by atoms with van der Waals surface area (Å²) in [7, 11) is -2.42. The van der Waals surface area contributed by atoms with E-state index in [4.69, 9.17) is 9.47 Å². The first-order valence-corrected chi connectivity index (χ1v) is 11.7. The molecule has 1 aliphatic heterocycles. The topological polar surface area (TPSA) is 84.9 Å². The van der Waals surface area contributed by atoms with Crippen LogP contribution >= 0.6 is 0 Å². The zero-order chi connectivity index (χ0) is 22.7. The highest BCUT2D eigenvalue weighted by Crippen LogP contribution is 2.37. The number of benzene rings is 3. The number of methoxy groups -OCH3 is 1. The average Bonchev–Trinajstić information content (AvgIpc) is 2.83. The van der Waals surface area contributed by atoms with E-state index < -0.39 is 22.0 Å². The minimum atomic E-state index is -3.93. The maximum atomic E-state index is 13.5. The number of anilines is 2. The van der Waals surface area contributed by atoms with Crippen molar-refractivity contribution >= 4 is 27.3 Å². The van der Waals surface area contributed by atoms with Crippen LogP contribution in [-0.2, 0) is 21.2 Å². The number of hydrogen-bond acceptors (Lipinski definition) is 5. The summed E-state index contributed by atoms with van der Waals surface area (Å²) in [6, 6.07) is 20.4. The monoisotopic (exact) mass is 452 g/mol. The molecule has 0 fully saturated rings. The summed E-state index contributed by atoms with van der Waals surface area (Å²) in [5.41, 5.74) is 2.06. The zero-order valence-electron chi connectivity index (χ0n) is 17.8. The summed E-state index contributed by atoms with van der Waals surface area (Å²) >= 11 is 0. The van der Waals surface area contributed by atoms with Gasteiger partial charge in [0.2, 0.25) is 0 Å². The van der Waals surface area contributed by atoms with Gasteiger partial charge in [-0.1, -0.05) is 37.3 Å². The fourth-order valence-corrected chi connectivity index (χ4v) is 5.08. The number of aryl methyl sites for hydroxylation is 1. The lowest BCUT2D eigenvalue weighted by molar-refractivity contribution is -0.122. The minimum absolute atomic E-state index is 0.102. The smallest absolute Gasteiger partial charge is 0.267 e. The Hall–Kier alpha value is -3.52. The van der Waals surface area contributed by atoms with Crippen molar-refractivity contribution in [3.8, 4) is 11.5 Å². The van der Waals surface area contributed by atoms with Crippen LogP contribution in [0.1, 0.15) is 12.5 Å². The van der Waals surface area contributed by atoms with Crippen molar-refractivity contribution in [1.82, 2.24) is 0 Å². The molecular formula is C24H24N2O5S. The number of fused-ring (bicyclic) bond motifs is 1. The molecule has 0 saturated carbocycles. The van der Waals surface area contributed by atoms with Crippen molar-refractivity contribution in [1.29, 1.82) is 0 Å². The Morgan fingerprint density at radius 3 is 2.47 bits per heavy atom.